The number of rotatable bonds is 3. The van der Waals surface area contributed by atoms with Crippen LogP contribution >= 0.6 is 0 Å². The monoisotopic (exact) mass is 323 g/mol. The third-order valence-electron chi connectivity index (χ3n) is 5.24. The highest BCUT2D eigenvalue weighted by atomic mass is 15.3. The summed E-state index contributed by atoms with van der Waals surface area (Å²) in [7, 11) is 0. The molecule has 5 nitrogen and oxygen atoms in total. The molecule has 0 unspecified atom stereocenters. The van der Waals surface area contributed by atoms with Crippen LogP contribution in [0.4, 0.5) is 11.8 Å². The van der Waals surface area contributed by atoms with Gasteiger partial charge in [0.1, 0.15) is 5.82 Å². The van der Waals surface area contributed by atoms with E-state index in [0.29, 0.717) is 17.9 Å². The van der Waals surface area contributed by atoms with Crippen LogP contribution in [0.1, 0.15) is 24.1 Å². The quantitative estimate of drug-likeness (QED) is 0.940. The lowest BCUT2D eigenvalue weighted by Gasteiger charge is -2.36. The van der Waals surface area contributed by atoms with Crippen molar-refractivity contribution in [1.82, 2.24) is 14.9 Å². The molecule has 1 aromatic carbocycles. The van der Waals surface area contributed by atoms with Gasteiger partial charge in [-0.2, -0.15) is 4.98 Å². The maximum atomic E-state index is 5.86. The van der Waals surface area contributed by atoms with E-state index in [1.165, 1.54) is 24.9 Å². The zero-order valence-electron chi connectivity index (χ0n) is 14.2. The van der Waals surface area contributed by atoms with Crippen LogP contribution < -0.4 is 10.6 Å². The molecule has 3 aliphatic rings. The topological polar surface area (TPSA) is 58.3 Å². The number of anilines is 2. The molecule has 5 rings (SSSR count). The van der Waals surface area contributed by atoms with Gasteiger partial charge in [-0.1, -0.05) is 30.3 Å². The molecule has 0 spiro atoms. The third-order valence-corrected chi connectivity index (χ3v) is 5.24. The molecule has 2 N–H and O–H groups in total. The molecule has 0 saturated carbocycles. The van der Waals surface area contributed by atoms with Crippen molar-refractivity contribution in [3.63, 3.8) is 0 Å². The summed E-state index contributed by atoms with van der Waals surface area (Å²) in [5.41, 5.74) is 8.20. The number of hydrogen-bond acceptors (Lipinski definition) is 5. The molecular formula is C19H25N5. The lowest BCUT2D eigenvalue weighted by atomic mass is 9.94. The maximum Gasteiger partial charge on any atom is 0.222 e. The van der Waals surface area contributed by atoms with Gasteiger partial charge >= 0.3 is 0 Å². The van der Waals surface area contributed by atoms with Crippen LogP contribution in [0.5, 0.6) is 0 Å². The minimum Gasteiger partial charge on any atom is -0.368 e. The van der Waals surface area contributed by atoms with Crippen LogP contribution in [0.3, 0.4) is 0 Å². The molecule has 2 atom stereocenters. The fourth-order valence-corrected chi connectivity index (χ4v) is 4.11. The second-order valence-corrected chi connectivity index (χ2v) is 7.14. The van der Waals surface area contributed by atoms with Crippen molar-refractivity contribution in [2.24, 2.45) is 5.92 Å². The molecular weight excluding hydrogens is 298 g/mol. The van der Waals surface area contributed by atoms with Crippen LogP contribution in [0.15, 0.2) is 36.4 Å². The number of nitrogens with zero attached hydrogens (tertiary/aromatic N) is 4. The lowest BCUT2D eigenvalue weighted by molar-refractivity contribution is 0.126. The molecule has 3 aliphatic heterocycles. The van der Waals surface area contributed by atoms with Crippen molar-refractivity contribution in [1.29, 1.82) is 0 Å². The van der Waals surface area contributed by atoms with Gasteiger partial charge in [-0.05, 0) is 31.2 Å². The minimum atomic E-state index is 0.378. The molecule has 24 heavy (non-hydrogen) atoms. The van der Waals surface area contributed by atoms with E-state index in [9.17, 15) is 0 Å². The van der Waals surface area contributed by atoms with Crippen molar-refractivity contribution in [2.75, 3.05) is 30.3 Å². The highest BCUT2D eigenvalue weighted by Gasteiger charge is 2.35. The molecule has 0 radical (unpaired) electrons. The third kappa shape index (κ3) is 3.22. The van der Waals surface area contributed by atoms with Gasteiger partial charge in [0.2, 0.25) is 5.95 Å². The normalized spacial score (nSPS) is 24.1. The Morgan fingerprint density at radius 3 is 2.71 bits per heavy atom. The maximum absolute atomic E-state index is 5.86. The summed E-state index contributed by atoms with van der Waals surface area (Å²) in [6.45, 7) is 6.29. The number of piperidine rings is 1. The molecule has 1 aromatic heterocycles. The number of hydrogen-bond donors (Lipinski definition) is 1. The van der Waals surface area contributed by atoms with Crippen molar-refractivity contribution in [3.05, 3.63) is 47.7 Å². The first-order chi connectivity index (χ1) is 11.7. The Bertz CT molecular complexity index is 682. The van der Waals surface area contributed by atoms with Crippen molar-refractivity contribution < 1.29 is 0 Å². The van der Waals surface area contributed by atoms with Crippen LogP contribution in [-0.2, 0) is 6.54 Å². The zero-order valence-corrected chi connectivity index (χ0v) is 14.2. The molecule has 126 valence electrons. The van der Waals surface area contributed by atoms with E-state index in [2.05, 4.69) is 56.2 Å². The van der Waals surface area contributed by atoms with Gasteiger partial charge in [0.25, 0.3) is 0 Å². The fourth-order valence-electron chi connectivity index (χ4n) is 4.11. The predicted molar refractivity (Wildman–Crippen MR) is 96.8 cm³/mol. The van der Waals surface area contributed by atoms with E-state index >= 15 is 0 Å². The Morgan fingerprint density at radius 1 is 1.08 bits per heavy atom. The van der Waals surface area contributed by atoms with E-state index in [0.717, 1.165) is 31.1 Å². The van der Waals surface area contributed by atoms with Gasteiger partial charge in [-0.3, -0.25) is 4.90 Å². The standard InChI is InChI=1S/C19H25N5/c1-14-9-18(22-19(20)21-14)24-12-16-7-8-17(13-24)23(11-16)10-15-5-3-2-4-6-15/h2-6,9,16-17H,7-8,10-13H2,1H3,(H2,20,21,22)/t16-,17-/m1/s1. The second kappa shape index (κ2) is 6.40. The van der Waals surface area contributed by atoms with Crippen LogP contribution in [0.2, 0.25) is 0 Å². The minimum absolute atomic E-state index is 0.378. The fraction of sp³-hybridized carbons (Fsp3) is 0.474. The Kier molecular flexibility index (Phi) is 4.10. The Labute approximate surface area is 143 Å². The average Bonchev–Trinajstić information content (AvgIpc) is 2.87. The van der Waals surface area contributed by atoms with E-state index < -0.39 is 0 Å². The van der Waals surface area contributed by atoms with Crippen molar-refractivity contribution in [2.45, 2.75) is 32.4 Å². The summed E-state index contributed by atoms with van der Waals surface area (Å²) in [5, 5.41) is 0. The second-order valence-electron chi connectivity index (χ2n) is 7.14. The van der Waals surface area contributed by atoms with Crippen molar-refractivity contribution in [3.8, 4) is 0 Å². The highest BCUT2D eigenvalue weighted by Crippen LogP contribution is 2.31. The van der Waals surface area contributed by atoms with E-state index in [1.807, 2.05) is 6.92 Å². The highest BCUT2D eigenvalue weighted by molar-refractivity contribution is 5.44. The molecule has 0 aliphatic carbocycles. The van der Waals surface area contributed by atoms with Gasteiger partial charge in [0, 0.05) is 44.0 Å². The predicted octanol–water partition coefficient (Wildman–Crippen LogP) is 2.47. The summed E-state index contributed by atoms with van der Waals surface area (Å²) in [4.78, 5) is 13.8. The van der Waals surface area contributed by atoms with E-state index in [4.69, 9.17) is 5.73 Å². The van der Waals surface area contributed by atoms with E-state index in [1.54, 1.807) is 0 Å². The van der Waals surface area contributed by atoms with Crippen LogP contribution in [-0.4, -0.2) is 40.5 Å². The number of fused-ring (bicyclic) bond motifs is 4. The SMILES string of the molecule is Cc1cc(N2C[C@@H]3CC[C@H](C2)N(Cc2ccccc2)C3)nc(N)n1. The number of benzene rings is 1. The van der Waals surface area contributed by atoms with Crippen LogP contribution in [0, 0.1) is 12.8 Å². The summed E-state index contributed by atoms with van der Waals surface area (Å²) in [5.74, 6) is 2.06. The van der Waals surface area contributed by atoms with E-state index in [-0.39, 0.29) is 0 Å². The molecule has 2 aromatic rings. The van der Waals surface area contributed by atoms with Crippen LogP contribution in [0.25, 0.3) is 0 Å². The smallest absolute Gasteiger partial charge is 0.222 e. The lowest BCUT2D eigenvalue weighted by Crippen LogP contribution is -2.43. The molecule has 4 heterocycles. The summed E-state index contributed by atoms with van der Waals surface area (Å²) < 4.78 is 0. The molecule has 0 amide bonds. The number of aromatic nitrogens is 2. The van der Waals surface area contributed by atoms with Crippen molar-refractivity contribution >= 4 is 11.8 Å². The average molecular weight is 323 g/mol. The first kappa shape index (κ1) is 15.4. The molecule has 3 fully saturated rings. The molecule has 2 bridgehead atoms. The van der Waals surface area contributed by atoms with Gasteiger partial charge in [0.05, 0.1) is 0 Å². The summed E-state index contributed by atoms with van der Waals surface area (Å²) in [6, 6.07) is 13.4. The van der Waals surface area contributed by atoms with Gasteiger partial charge in [-0.25, -0.2) is 4.98 Å². The molecule has 5 heteroatoms. The number of nitrogen functional groups attached to an aromatic ring is 1. The Hall–Kier alpha value is -2.14. The first-order valence-electron chi connectivity index (χ1n) is 8.81. The first-order valence-corrected chi connectivity index (χ1v) is 8.81. The Morgan fingerprint density at radius 2 is 1.92 bits per heavy atom. The largest absolute Gasteiger partial charge is 0.368 e. The number of aryl methyl sites for hydroxylation is 1. The van der Waals surface area contributed by atoms with Gasteiger partial charge < -0.3 is 10.6 Å². The zero-order chi connectivity index (χ0) is 16.5. The summed E-state index contributed by atoms with van der Waals surface area (Å²) in [6.07, 6.45) is 2.58. The molecule has 3 saturated heterocycles. The van der Waals surface area contributed by atoms with Gasteiger partial charge in [0.15, 0.2) is 0 Å². The Balaban J connectivity index is 1.54. The summed E-state index contributed by atoms with van der Waals surface area (Å²) >= 11 is 0. The number of nitrogens with two attached hydrogens (primary N) is 1. The van der Waals surface area contributed by atoms with Gasteiger partial charge in [-0.15, -0.1) is 0 Å².